The summed E-state index contributed by atoms with van der Waals surface area (Å²) < 4.78 is 0.913. The number of nitrogens with zero attached hydrogens (tertiary/aromatic N) is 2. The van der Waals surface area contributed by atoms with E-state index in [-0.39, 0.29) is 24.0 Å². The number of carbonyl (C=O) groups excluding carboxylic acids is 2. The lowest BCUT2D eigenvalue weighted by Gasteiger charge is -2.07. The molecular weight excluding hydrogens is 432 g/mol. The first kappa shape index (κ1) is 19.1. The average Bonchev–Trinajstić information content (AvgIpc) is 2.98. The highest BCUT2D eigenvalue weighted by Crippen LogP contribution is 2.23. The fraction of sp³-hybridized carbons (Fsp3) is 0.111. The Hall–Kier alpha value is -2.65. The third kappa shape index (κ3) is 5.41. The minimum atomic E-state index is -0.570. The highest BCUT2D eigenvalue weighted by Gasteiger charge is 2.32. The normalized spacial score (nSPS) is 18.0. The number of amidine groups is 1. The maximum Gasteiger partial charge on any atom is 0.240 e. The van der Waals surface area contributed by atoms with Gasteiger partial charge >= 0.3 is 0 Å². The van der Waals surface area contributed by atoms with Crippen LogP contribution in [-0.2, 0) is 9.59 Å². The zero-order valence-corrected chi connectivity index (χ0v) is 16.3. The lowest BCUT2D eigenvalue weighted by atomic mass is 10.2. The van der Waals surface area contributed by atoms with Crippen LogP contribution in [0.5, 0.6) is 5.75 Å². The van der Waals surface area contributed by atoms with Gasteiger partial charge in [0.05, 0.1) is 6.21 Å². The van der Waals surface area contributed by atoms with Gasteiger partial charge in [0.15, 0.2) is 5.17 Å². The van der Waals surface area contributed by atoms with E-state index in [9.17, 15) is 14.7 Å². The highest BCUT2D eigenvalue weighted by atomic mass is 79.9. The molecule has 1 aliphatic heterocycles. The van der Waals surface area contributed by atoms with Gasteiger partial charge in [0.2, 0.25) is 11.8 Å². The minimum Gasteiger partial charge on any atom is -0.507 e. The van der Waals surface area contributed by atoms with Crippen molar-refractivity contribution in [2.45, 2.75) is 11.7 Å². The molecule has 27 heavy (non-hydrogen) atoms. The number of halogens is 1. The lowest BCUT2D eigenvalue weighted by molar-refractivity contribution is -0.122. The van der Waals surface area contributed by atoms with Crippen molar-refractivity contribution in [1.29, 1.82) is 0 Å². The van der Waals surface area contributed by atoms with Gasteiger partial charge < -0.3 is 15.7 Å². The number of carbonyl (C=O) groups is 2. The van der Waals surface area contributed by atoms with E-state index in [0.29, 0.717) is 16.4 Å². The molecule has 3 rings (SSSR count). The third-order valence-corrected chi connectivity index (χ3v) is 5.16. The summed E-state index contributed by atoms with van der Waals surface area (Å²) in [5, 5.41) is 22.5. The van der Waals surface area contributed by atoms with Crippen LogP contribution in [0.3, 0.4) is 0 Å². The summed E-state index contributed by atoms with van der Waals surface area (Å²) in [5.74, 6) is -0.460. The SMILES string of the molecule is O=C(C[C@@H]1S/C(=N/N=C/c2ccccc2O)NC1=O)Nc1ccc(Br)cc1. The molecule has 0 bridgehead atoms. The zero-order valence-electron chi connectivity index (χ0n) is 13.9. The first-order chi connectivity index (χ1) is 13.0. The van der Waals surface area contributed by atoms with E-state index in [4.69, 9.17) is 0 Å². The minimum absolute atomic E-state index is 0.0226. The number of rotatable bonds is 5. The zero-order chi connectivity index (χ0) is 19.2. The second-order valence-electron chi connectivity index (χ2n) is 5.56. The summed E-state index contributed by atoms with van der Waals surface area (Å²) in [7, 11) is 0. The van der Waals surface area contributed by atoms with Gasteiger partial charge in [0.25, 0.3) is 0 Å². The summed E-state index contributed by atoms with van der Waals surface area (Å²) in [6, 6.07) is 13.9. The number of phenolic OH excluding ortho intramolecular Hbond substituents is 1. The van der Waals surface area contributed by atoms with E-state index in [1.807, 2.05) is 12.1 Å². The number of phenols is 1. The molecule has 0 aliphatic carbocycles. The van der Waals surface area contributed by atoms with Crippen molar-refractivity contribution in [2.75, 3.05) is 5.32 Å². The molecule has 1 heterocycles. The Labute approximate surface area is 168 Å². The number of benzene rings is 2. The Bertz CT molecular complexity index is 915. The Balaban J connectivity index is 1.56. The molecule has 0 aromatic heterocycles. The molecule has 2 aromatic rings. The summed E-state index contributed by atoms with van der Waals surface area (Å²) in [5.41, 5.74) is 1.18. The van der Waals surface area contributed by atoms with Gasteiger partial charge in [-0.3, -0.25) is 9.59 Å². The molecule has 3 N–H and O–H groups in total. The fourth-order valence-corrected chi connectivity index (χ4v) is 3.43. The fourth-order valence-electron chi connectivity index (χ4n) is 2.24. The van der Waals surface area contributed by atoms with Crippen LogP contribution < -0.4 is 10.6 Å². The molecule has 2 amide bonds. The van der Waals surface area contributed by atoms with E-state index in [0.717, 1.165) is 16.2 Å². The van der Waals surface area contributed by atoms with Crippen LogP contribution in [0.25, 0.3) is 0 Å². The van der Waals surface area contributed by atoms with Crippen molar-refractivity contribution in [3.63, 3.8) is 0 Å². The first-order valence-corrected chi connectivity index (χ1v) is 9.60. The molecule has 1 saturated heterocycles. The first-order valence-electron chi connectivity index (χ1n) is 7.93. The van der Waals surface area contributed by atoms with E-state index in [2.05, 4.69) is 36.8 Å². The maximum atomic E-state index is 12.1. The number of aromatic hydroxyl groups is 1. The number of anilines is 1. The standard InChI is InChI=1S/C18H15BrN4O3S/c19-12-5-7-13(8-6-12)21-16(25)9-15-17(26)22-18(27-15)23-20-10-11-3-1-2-4-14(11)24/h1-8,10,15,24H,9H2,(H,21,25)(H,22,23,26)/b20-10+/t15-/m0/s1. The third-order valence-electron chi connectivity index (χ3n) is 3.56. The molecule has 0 unspecified atom stereocenters. The van der Waals surface area contributed by atoms with Gasteiger partial charge in [0.1, 0.15) is 11.0 Å². The van der Waals surface area contributed by atoms with E-state index < -0.39 is 5.25 Å². The Kier molecular flexibility index (Phi) is 6.25. The molecule has 138 valence electrons. The van der Waals surface area contributed by atoms with Crippen molar-refractivity contribution in [3.05, 3.63) is 58.6 Å². The van der Waals surface area contributed by atoms with E-state index in [1.54, 1.807) is 36.4 Å². The smallest absolute Gasteiger partial charge is 0.240 e. The van der Waals surface area contributed by atoms with Crippen LogP contribution in [0.15, 0.2) is 63.2 Å². The van der Waals surface area contributed by atoms with Crippen LogP contribution in [0.1, 0.15) is 12.0 Å². The van der Waals surface area contributed by atoms with Crippen LogP contribution in [0.4, 0.5) is 5.69 Å². The van der Waals surface area contributed by atoms with Crippen LogP contribution in [0.2, 0.25) is 0 Å². The molecule has 1 atom stereocenters. The molecule has 2 aromatic carbocycles. The Morgan fingerprint density at radius 3 is 2.74 bits per heavy atom. The van der Waals surface area contributed by atoms with Crippen LogP contribution in [0, 0.1) is 0 Å². The van der Waals surface area contributed by atoms with Crippen molar-refractivity contribution >= 4 is 56.6 Å². The monoisotopic (exact) mass is 446 g/mol. The lowest BCUT2D eigenvalue weighted by Crippen LogP contribution is -2.28. The predicted octanol–water partition coefficient (Wildman–Crippen LogP) is 3.11. The Morgan fingerprint density at radius 2 is 2.00 bits per heavy atom. The highest BCUT2D eigenvalue weighted by molar-refractivity contribution is 9.10. The maximum absolute atomic E-state index is 12.1. The van der Waals surface area contributed by atoms with E-state index >= 15 is 0 Å². The predicted molar refractivity (Wildman–Crippen MR) is 110 cm³/mol. The summed E-state index contributed by atoms with van der Waals surface area (Å²) in [6.45, 7) is 0. The molecule has 1 aliphatic rings. The molecule has 0 spiro atoms. The van der Waals surface area contributed by atoms with Crippen molar-refractivity contribution in [1.82, 2.24) is 5.32 Å². The average molecular weight is 447 g/mol. The van der Waals surface area contributed by atoms with Crippen molar-refractivity contribution in [2.24, 2.45) is 10.2 Å². The molecule has 0 saturated carbocycles. The van der Waals surface area contributed by atoms with Gasteiger partial charge in [0, 0.05) is 22.1 Å². The van der Waals surface area contributed by atoms with Gasteiger partial charge in [-0.05, 0) is 36.4 Å². The van der Waals surface area contributed by atoms with E-state index in [1.165, 1.54) is 6.21 Å². The molecular formula is C18H15BrN4O3S. The number of thioether (sulfide) groups is 1. The number of amides is 2. The van der Waals surface area contributed by atoms with Crippen molar-refractivity contribution in [3.8, 4) is 5.75 Å². The summed E-state index contributed by atoms with van der Waals surface area (Å²) in [4.78, 5) is 24.1. The molecule has 7 nitrogen and oxygen atoms in total. The van der Waals surface area contributed by atoms with Crippen LogP contribution in [-0.4, -0.2) is 33.6 Å². The molecule has 0 radical (unpaired) electrons. The number of nitrogens with one attached hydrogen (secondary N) is 2. The second kappa shape index (κ2) is 8.83. The molecule has 9 heteroatoms. The summed E-state index contributed by atoms with van der Waals surface area (Å²) >= 11 is 4.47. The van der Waals surface area contributed by atoms with Crippen LogP contribution >= 0.6 is 27.7 Å². The number of hydrogen-bond acceptors (Lipinski definition) is 6. The number of para-hydroxylation sites is 1. The van der Waals surface area contributed by atoms with Gasteiger partial charge in [-0.2, -0.15) is 5.10 Å². The Morgan fingerprint density at radius 1 is 1.26 bits per heavy atom. The van der Waals surface area contributed by atoms with Gasteiger partial charge in [-0.25, -0.2) is 0 Å². The van der Waals surface area contributed by atoms with Gasteiger partial charge in [-0.15, -0.1) is 5.10 Å². The van der Waals surface area contributed by atoms with Crippen molar-refractivity contribution < 1.29 is 14.7 Å². The number of hydrogen-bond donors (Lipinski definition) is 3. The quantitative estimate of drug-likeness (QED) is 0.484. The molecule has 1 fully saturated rings. The largest absolute Gasteiger partial charge is 0.507 e. The second-order valence-corrected chi connectivity index (χ2v) is 7.67. The van der Waals surface area contributed by atoms with Gasteiger partial charge in [-0.1, -0.05) is 39.8 Å². The summed E-state index contributed by atoms with van der Waals surface area (Å²) in [6.07, 6.45) is 1.41. The topological polar surface area (TPSA) is 103 Å².